The van der Waals surface area contributed by atoms with Gasteiger partial charge in [-0.25, -0.2) is 4.79 Å². The van der Waals surface area contributed by atoms with Gasteiger partial charge in [0.2, 0.25) is 0 Å². The molecule has 3 rings (SSSR count). The Kier molecular flexibility index (Phi) is 6.52. The molecule has 0 aliphatic carbocycles. The molecule has 0 aromatic heterocycles. The molecule has 2 N–H and O–H groups in total. The van der Waals surface area contributed by atoms with Crippen LogP contribution in [0.3, 0.4) is 0 Å². The fourth-order valence-electron chi connectivity index (χ4n) is 2.84. The number of ether oxygens (including phenoxy) is 1. The summed E-state index contributed by atoms with van der Waals surface area (Å²) in [5.41, 5.74) is 3.83. The van der Waals surface area contributed by atoms with Gasteiger partial charge in [0.25, 0.3) is 5.91 Å². The Bertz CT molecular complexity index is 989. The predicted octanol–water partition coefficient (Wildman–Crippen LogP) is 5.63. The summed E-state index contributed by atoms with van der Waals surface area (Å²) >= 11 is 0. The average molecular weight is 402 g/mol. The van der Waals surface area contributed by atoms with E-state index in [1.807, 2.05) is 99.6 Å². The third-order valence-corrected chi connectivity index (χ3v) is 4.30. The highest BCUT2D eigenvalue weighted by Gasteiger charge is 2.15. The third kappa shape index (κ3) is 6.21. The standard InChI is InChI=1S/C25H26N2O3/c1-25(2,3)30-24(29)26-17-18-9-15-22(16-10-18)27-23(28)21-13-11-20(12-14-21)19-7-5-4-6-8-19/h4-16H,17H2,1-3H3,(H,26,29)(H,27,28). The van der Waals surface area contributed by atoms with Gasteiger partial charge in [-0.1, -0.05) is 54.6 Å². The van der Waals surface area contributed by atoms with Crippen molar-refractivity contribution in [2.45, 2.75) is 32.9 Å². The van der Waals surface area contributed by atoms with Gasteiger partial charge in [-0.3, -0.25) is 4.79 Å². The highest BCUT2D eigenvalue weighted by atomic mass is 16.6. The fraction of sp³-hybridized carbons (Fsp3) is 0.200. The van der Waals surface area contributed by atoms with Crippen LogP contribution in [-0.2, 0) is 11.3 Å². The van der Waals surface area contributed by atoms with Gasteiger partial charge in [0.15, 0.2) is 0 Å². The second-order valence-corrected chi connectivity index (χ2v) is 7.95. The molecule has 3 aromatic carbocycles. The Labute approximate surface area is 177 Å². The zero-order chi connectivity index (χ0) is 21.6. The van der Waals surface area contributed by atoms with E-state index in [0.717, 1.165) is 16.7 Å². The lowest BCUT2D eigenvalue weighted by Crippen LogP contribution is -2.32. The maximum Gasteiger partial charge on any atom is 0.407 e. The lowest BCUT2D eigenvalue weighted by atomic mass is 10.0. The van der Waals surface area contributed by atoms with Crippen LogP contribution in [-0.4, -0.2) is 17.6 Å². The Morgan fingerprint density at radius 1 is 0.800 bits per heavy atom. The molecule has 0 heterocycles. The van der Waals surface area contributed by atoms with E-state index >= 15 is 0 Å². The van der Waals surface area contributed by atoms with E-state index in [0.29, 0.717) is 17.8 Å². The van der Waals surface area contributed by atoms with E-state index in [-0.39, 0.29) is 5.91 Å². The van der Waals surface area contributed by atoms with Gasteiger partial charge in [-0.05, 0) is 61.7 Å². The van der Waals surface area contributed by atoms with Crippen LogP contribution < -0.4 is 10.6 Å². The quantitative estimate of drug-likeness (QED) is 0.581. The number of carbonyl (C=O) groups is 2. The first-order valence-corrected chi connectivity index (χ1v) is 9.83. The van der Waals surface area contributed by atoms with Gasteiger partial charge >= 0.3 is 6.09 Å². The zero-order valence-corrected chi connectivity index (χ0v) is 17.4. The van der Waals surface area contributed by atoms with Crippen LogP contribution in [0.25, 0.3) is 11.1 Å². The number of nitrogens with one attached hydrogen (secondary N) is 2. The number of hydrogen-bond acceptors (Lipinski definition) is 3. The highest BCUT2D eigenvalue weighted by molar-refractivity contribution is 6.04. The first kappa shape index (κ1) is 21.1. The van der Waals surface area contributed by atoms with E-state index in [1.165, 1.54) is 0 Å². The fourth-order valence-corrected chi connectivity index (χ4v) is 2.84. The van der Waals surface area contributed by atoms with Crippen LogP contribution in [0.5, 0.6) is 0 Å². The second-order valence-electron chi connectivity index (χ2n) is 7.95. The van der Waals surface area contributed by atoms with Crippen molar-refractivity contribution in [3.05, 3.63) is 90.0 Å². The van der Waals surface area contributed by atoms with Crippen LogP contribution in [0.1, 0.15) is 36.7 Å². The third-order valence-electron chi connectivity index (χ3n) is 4.30. The van der Waals surface area contributed by atoms with Crippen molar-refractivity contribution in [2.75, 3.05) is 5.32 Å². The molecule has 154 valence electrons. The van der Waals surface area contributed by atoms with Gasteiger partial charge in [-0.2, -0.15) is 0 Å². The minimum absolute atomic E-state index is 0.172. The van der Waals surface area contributed by atoms with Gasteiger partial charge in [0.1, 0.15) is 5.60 Å². The topological polar surface area (TPSA) is 67.4 Å². The largest absolute Gasteiger partial charge is 0.444 e. The van der Waals surface area contributed by atoms with Crippen LogP contribution >= 0.6 is 0 Å². The molecule has 30 heavy (non-hydrogen) atoms. The maximum atomic E-state index is 12.5. The highest BCUT2D eigenvalue weighted by Crippen LogP contribution is 2.20. The van der Waals surface area contributed by atoms with Crippen molar-refractivity contribution in [3.63, 3.8) is 0 Å². The molecule has 0 saturated carbocycles. The van der Waals surface area contributed by atoms with E-state index in [4.69, 9.17) is 4.74 Å². The molecule has 0 unspecified atom stereocenters. The van der Waals surface area contributed by atoms with Crippen LogP contribution in [0.15, 0.2) is 78.9 Å². The summed E-state index contributed by atoms with van der Waals surface area (Å²) in [7, 11) is 0. The van der Waals surface area contributed by atoms with Gasteiger partial charge < -0.3 is 15.4 Å². The lowest BCUT2D eigenvalue weighted by Gasteiger charge is -2.19. The van der Waals surface area contributed by atoms with Crippen LogP contribution in [0.2, 0.25) is 0 Å². The molecule has 2 amide bonds. The monoisotopic (exact) mass is 402 g/mol. The number of rotatable bonds is 5. The summed E-state index contributed by atoms with van der Waals surface area (Å²) in [6.45, 7) is 5.81. The average Bonchev–Trinajstić information content (AvgIpc) is 2.73. The SMILES string of the molecule is CC(C)(C)OC(=O)NCc1ccc(NC(=O)c2ccc(-c3ccccc3)cc2)cc1. The molecule has 0 aliphatic heterocycles. The van der Waals surface area contributed by atoms with E-state index < -0.39 is 11.7 Å². The minimum Gasteiger partial charge on any atom is -0.444 e. The van der Waals surface area contributed by atoms with Gasteiger partial charge in [0.05, 0.1) is 0 Å². The predicted molar refractivity (Wildman–Crippen MR) is 119 cm³/mol. The molecule has 0 saturated heterocycles. The normalized spacial score (nSPS) is 10.9. The molecule has 0 radical (unpaired) electrons. The van der Waals surface area contributed by atoms with Crippen molar-refractivity contribution in [1.82, 2.24) is 5.32 Å². The molecule has 5 nitrogen and oxygen atoms in total. The van der Waals surface area contributed by atoms with Gasteiger partial charge in [0, 0.05) is 17.8 Å². The first-order valence-electron chi connectivity index (χ1n) is 9.83. The van der Waals surface area contributed by atoms with Crippen molar-refractivity contribution in [3.8, 4) is 11.1 Å². The summed E-state index contributed by atoms with van der Waals surface area (Å²) in [6.07, 6.45) is -0.459. The molecule has 5 heteroatoms. The Hall–Kier alpha value is -3.60. The number of carbonyl (C=O) groups excluding carboxylic acids is 2. The number of anilines is 1. The van der Waals surface area contributed by atoms with E-state index in [9.17, 15) is 9.59 Å². The Morgan fingerprint density at radius 3 is 2.00 bits per heavy atom. The summed E-state index contributed by atoms with van der Waals surface area (Å²) in [6, 6.07) is 24.9. The molecule has 0 fully saturated rings. The van der Waals surface area contributed by atoms with Crippen molar-refractivity contribution < 1.29 is 14.3 Å². The number of benzene rings is 3. The molecule has 0 aliphatic rings. The van der Waals surface area contributed by atoms with Gasteiger partial charge in [-0.15, -0.1) is 0 Å². The first-order chi connectivity index (χ1) is 14.3. The number of amides is 2. The van der Waals surface area contributed by atoms with Crippen LogP contribution in [0.4, 0.5) is 10.5 Å². The summed E-state index contributed by atoms with van der Waals surface area (Å²) < 4.78 is 5.21. The van der Waals surface area contributed by atoms with Crippen molar-refractivity contribution in [2.24, 2.45) is 0 Å². The zero-order valence-electron chi connectivity index (χ0n) is 17.4. The minimum atomic E-state index is -0.530. The number of alkyl carbamates (subject to hydrolysis) is 1. The molecule has 0 spiro atoms. The van der Waals surface area contributed by atoms with E-state index in [1.54, 1.807) is 0 Å². The molecular weight excluding hydrogens is 376 g/mol. The molecular formula is C25H26N2O3. The number of hydrogen-bond donors (Lipinski definition) is 2. The van der Waals surface area contributed by atoms with Crippen molar-refractivity contribution >= 4 is 17.7 Å². The Balaban J connectivity index is 1.55. The summed E-state index contributed by atoms with van der Waals surface area (Å²) in [4.78, 5) is 24.2. The second kappa shape index (κ2) is 9.27. The van der Waals surface area contributed by atoms with E-state index in [2.05, 4.69) is 10.6 Å². The molecule has 0 bridgehead atoms. The summed E-state index contributed by atoms with van der Waals surface area (Å²) in [5, 5.41) is 5.60. The smallest absolute Gasteiger partial charge is 0.407 e. The molecule has 0 atom stereocenters. The molecule has 3 aromatic rings. The van der Waals surface area contributed by atoms with Crippen molar-refractivity contribution in [1.29, 1.82) is 0 Å². The lowest BCUT2D eigenvalue weighted by molar-refractivity contribution is 0.0523. The van der Waals surface area contributed by atoms with Crippen LogP contribution in [0, 0.1) is 0 Å². The Morgan fingerprint density at radius 2 is 1.40 bits per heavy atom. The summed E-state index contributed by atoms with van der Waals surface area (Å²) in [5.74, 6) is -0.172. The maximum absolute atomic E-state index is 12.5.